The lowest BCUT2D eigenvalue weighted by Crippen LogP contribution is -2.01. The average Bonchev–Trinajstić information content (AvgIpc) is 3.23. The topological polar surface area (TPSA) is 138 Å². The van der Waals surface area contributed by atoms with E-state index in [1.165, 1.54) is 9.31 Å². The number of aromatic nitrogens is 8. The molecule has 0 saturated carbocycles. The van der Waals surface area contributed by atoms with Crippen LogP contribution >= 0.6 is 0 Å². The molecule has 0 aliphatic carbocycles. The Morgan fingerprint density at radius 3 is 2.62 bits per heavy atom. The first-order chi connectivity index (χ1) is 12.6. The van der Waals surface area contributed by atoms with E-state index < -0.39 is 0 Å². The van der Waals surface area contributed by atoms with Crippen LogP contribution in [0.1, 0.15) is 22.8 Å². The molecule has 0 fully saturated rings. The summed E-state index contributed by atoms with van der Waals surface area (Å²) in [5.74, 6) is 1.18. The second-order valence-electron chi connectivity index (χ2n) is 5.54. The first-order valence-electron chi connectivity index (χ1n) is 7.69. The molecule has 1 N–H and O–H groups in total. The molecule has 0 radical (unpaired) electrons. The van der Waals surface area contributed by atoms with Crippen molar-refractivity contribution in [1.82, 2.24) is 39.6 Å². The van der Waals surface area contributed by atoms with Gasteiger partial charge < -0.3 is 0 Å². The van der Waals surface area contributed by atoms with E-state index in [9.17, 15) is 5.26 Å². The summed E-state index contributed by atoms with van der Waals surface area (Å²) in [4.78, 5) is 12.6. The van der Waals surface area contributed by atoms with Crippen LogP contribution < -0.4 is 0 Å². The zero-order chi connectivity index (χ0) is 18.3. The Balaban J connectivity index is 1.86. The molecule has 0 aliphatic rings. The smallest absolute Gasteiger partial charge is 0.252 e. The van der Waals surface area contributed by atoms with Gasteiger partial charge in [0.15, 0.2) is 11.5 Å². The van der Waals surface area contributed by atoms with Crippen molar-refractivity contribution < 1.29 is 0 Å². The van der Waals surface area contributed by atoms with E-state index in [1.54, 1.807) is 32.3 Å². The maximum absolute atomic E-state index is 9.47. The van der Waals surface area contributed by atoms with E-state index in [0.717, 1.165) is 5.69 Å². The largest absolute Gasteiger partial charge is 0.278 e. The quantitative estimate of drug-likeness (QED) is 0.564. The Kier molecular flexibility index (Phi) is 3.51. The van der Waals surface area contributed by atoms with Gasteiger partial charge >= 0.3 is 0 Å². The third kappa shape index (κ3) is 2.40. The molecule has 128 valence electrons. The first-order valence-corrected chi connectivity index (χ1v) is 7.69. The van der Waals surface area contributed by atoms with Gasteiger partial charge in [-0.15, -0.1) is 15.3 Å². The number of nitrogens with one attached hydrogen (secondary N) is 1. The zero-order valence-corrected chi connectivity index (χ0v) is 14.2. The van der Waals surface area contributed by atoms with Crippen molar-refractivity contribution >= 4 is 17.2 Å². The summed E-state index contributed by atoms with van der Waals surface area (Å²) in [5, 5.41) is 29.6. The molecule has 0 aromatic carbocycles. The van der Waals surface area contributed by atoms with Gasteiger partial charge in [0, 0.05) is 12.4 Å². The first kappa shape index (κ1) is 15.6. The minimum absolute atomic E-state index is 0.256. The molecule has 4 rings (SSSR count). The molecule has 26 heavy (non-hydrogen) atoms. The lowest BCUT2D eigenvalue weighted by atomic mass is 10.3. The van der Waals surface area contributed by atoms with E-state index in [1.807, 2.05) is 6.92 Å². The lowest BCUT2D eigenvalue weighted by Gasteiger charge is -2.00. The standard InChI is InChI=1S/C15H13N11/c1-8-11(7-16)13(25(22-8)15-17-5-4-6-18-15)21-20-12-9(2)23-26-14(12)19-10(3)24-26/h4-6,23H,1-3H3. The fourth-order valence-electron chi connectivity index (χ4n) is 2.52. The number of nitriles is 1. The molecule has 11 nitrogen and oxygen atoms in total. The molecule has 0 spiro atoms. The summed E-state index contributed by atoms with van der Waals surface area (Å²) in [6.45, 7) is 5.35. The molecule has 4 heterocycles. The van der Waals surface area contributed by atoms with Crippen molar-refractivity contribution in [3.05, 3.63) is 41.2 Å². The highest BCUT2D eigenvalue weighted by Crippen LogP contribution is 2.29. The highest BCUT2D eigenvalue weighted by atomic mass is 15.5. The number of fused-ring (bicyclic) bond motifs is 1. The number of aromatic amines is 1. The SMILES string of the molecule is Cc1nc2c(N=Nc3c(C#N)c(C)nn3-c3ncccn3)c(C)[nH]n2n1. The van der Waals surface area contributed by atoms with Gasteiger partial charge in [0.25, 0.3) is 5.95 Å². The summed E-state index contributed by atoms with van der Waals surface area (Å²) >= 11 is 0. The molecule has 0 saturated heterocycles. The Morgan fingerprint density at radius 2 is 1.88 bits per heavy atom. The molecule has 0 bridgehead atoms. The van der Waals surface area contributed by atoms with E-state index in [2.05, 4.69) is 46.5 Å². The fraction of sp³-hybridized carbons (Fsp3) is 0.200. The van der Waals surface area contributed by atoms with Crippen molar-refractivity contribution in [2.45, 2.75) is 20.8 Å². The maximum atomic E-state index is 9.47. The van der Waals surface area contributed by atoms with Crippen LogP contribution in [0.3, 0.4) is 0 Å². The maximum Gasteiger partial charge on any atom is 0.252 e. The highest BCUT2D eigenvalue weighted by molar-refractivity contribution is 5.66. The molecule has 0 unspecified atom stereocenters. The number of azo groups is 1. The van der Waals surface area contributed by atoms with Crippen molar-refractivity contribution in [2.75, 3.05) is 0 Å². The van der Waals surface area contributed by atoms with Crippen LogP contribution in [0.2, 0.25) is 0 Å². The van der Waals surface area contributed by atoms with Gasteiger partial charge in [0.05, 0.1) is 11.4 Å². The third-order valence-electron chi connectivity index (χ3n) is 3.69. The Hall–Kier alpha value is -3.94. The van der Waals surface area contributed by atoms with Crippen LogP contribution in [0, 0.1) is 32.1 Å². The number of nitrogens with zero attached hydrogens (tertiary/aromatic N) is 10. The summed E-state index contributed by atoms with van der Waals surface area (Å²) in [6, 6.07) is 3.80. The zero-order valence-electron chi connectivity index (χ0n) is 14.2. The van der Waals surface area contributed by atoms with Crippen LogP contribution in [-0.4, -0.2) is 39.6 Å². The van der Waals surface area contributed by atoms with E-state index in [-0.39, 0.29) is 5.82 Å². The highest BCUT2D eigenvalue weighted by Gasteiger charge is 2.19. The number of H-pyrrole nitrogens is 1. The summed E-state index contributed by atoms with van der Waals surface area (Å²) < 4.78 is 2.93. The van der Waals surface area contributed by atoms with Gasteiger partial charge in [0.2, 0.25) is 5.65 Å². The van der Waals surface area contributed by atoms with Crippen LogP contribution in [0.5, 0.6) is 0 Å². The predicted octanol–water partition coefficient (Wildman–Crippen LogP) is 2.25. The van der Waals surface area contributed by atoms with E-state index in [4.69, 9.17) is 0 Å². The Bertz CT molecular complexity index is 1170. The number of hydrogen-bond acceptors (Lipinski definition) is 8. The van der Waals surface area contributed by atoms with Crippen molar-refractivity contribution in [3.63, 3.8) is 0 Å². The van der Waals surface area contributed by atoms with E-state index in [0.29, 0.717) is 34.4 Å². The van der Waals surface area contributed by atoms with Crippen molar-refractivity contribution in [1.29, 1.82) is 5.26 Å². The molecular formula is C15H13N11. The average molecular weight is 347 g/mol. The molecule has 0 amide bonds. The van der Waals surface area contributed by atoms with Gasteiger partial charge in [0.1, 0.15) is 17.5 Å². The number of rotatable bonds is 3. The van der Waals surface area contributed by atoms with Crippen LogP contribution in [0.15, 0.2) is 28.7 Å². The monoisotopic (exact) mass is 347 g/mol. The van der Waals surface area contributed by atoms with Crippen molar-refractivity contribution in [3.8, 4) is 12.0 Å². The van der Waals surface area contributed by atoms with Gasteiger partial charge in [-0.25, -0.2) is 15.0 Å². The van der Waals surface area contributed by atoms with Gasteiger partial charge in [-0.2, -0.15) is 19.7 Å². The Labute approximate surface area is 147 Å². The lowest BCUT2D eigenvalue weighted by molar-refractivity contribution is 0.792. The summed E-state index contributed by atoms with van der Waals surface area (Å²) in [7, 11) is 0. The normalized spacial score (nSPS) is 11.5. The second-order valence-corrected chi connectivity index (χ2v) is 5.54. The molecule has 4 aromatic rings. The van der Waals surface area contributed by atoms with Gasteiger partial charge in [-0.05, 0) is 26.8 Å². The minimum atomic E-state index is 0.256. The van der Waals surface area contributed by atoms with Gasteiger partial charge in [-0.1, -0.05) is 0 Å². The molecule has 0 aliphatic heterocycles. The van der Waals surface area contributed by atoms with Crippen molar-refractivity contribution in [2.24, 2.45) is 10.2 Å². The van der Waals surface area contributed by atoms with Crippen LogP contribution in [-0.2, 0) is 0 Å². The minimum Gasteiger partial charge on any atom is -0.278 e. The summed E-state index contributed by atoms with van der Waals surface area (Å²) in [5.41, 5.74) is 2.67. The molecule has 4 aromatic heterocycles. The number of aryl methyl sites for hydroxylation is 3. The fourth-order valence-corrected chi connectivity index (χ4v) is 2.52. The predicted molar refractivity (Wildman–Crippen MR) is 89.6 cm³/mol. The third-order valence-corrected chi connectivity index (χ3v) is 3.69. The number of hydrogen-bond donors (Lipinski definition) is 1. The van der Waals surface area contributed by atoms with E-state index >= 15 is 0 Å². The van der Waals surface area contributed by atoms with Gasteiger partial charge in [-0.3, -0.25) is 5.10 Å². The molecular weight excluding hydrogens is 334 g/mol. The Morgan fingerprint density at radius 1 is 1.12 bits per heavy atom. The summed E-state index contributed by atoms with van der Waals surface area (Å²) in [6.07, 6.45) is 3.18. The molecule has 0 atom stereocenters. The second kappa shape index (κ2) is 5.85. The van der Waals surface area contributed by atoms with Crippen LogP contribution in [0.25, 0.3) is 11.6 Å². The van der Waals surface area contributed by atoms with Crippen LogP contribution in [0.4, 0.5) is 11.5 Å². The molecule has 11 heteroatoms.